The van der Waals surface area contributed by atoms with Crippen molar-refractivity contribution in [3.63, 3.8) is 0 Å². The van der Waals surface area contributed by atoms with Crippen molar-refractivity contribution < 1.29 is 9.47 Å². The van der Waals surface area contributed by atoms with E-state index in [1.165, 1.54) is 0 Å². The average Bonchev–Trinajstić information content (AvgIpc) is 2.41. The molecule has 0 spiro atoms. The van der Waals surface area contributed by atoms with Crippen LogP contribution in [-0.2, 0) is 0 Å². The molecule has 0 saturated carbocycles. The number of rotatable bonds is 4. The molecule has 18 heavy (non-hydrogen) atoms. The normalized spacial score (nSPS) is 10.1. The third-order valence-electron chi connectivity index (χ3n) is 2.47. The van der Waals surface area contributed by atoms with E-state index in [0.29, 0.717) is 5.69 Å². The van der Waals surface area contributed by atoms with Gasteiger partial charge in [0.15, 0.2) is 0 Å². The summed E-state index contributed by atoms with van der Waals surface area (Å²) in [5.74, 6) is 1.64. The summed E-state index contributed by atoms with van der Waals surface area (Å²) < 4.78 is 10.4. The molecule has 0 saturated heterocycles. The fourth-order valence-corrected chi connectivity index (χ4v) is 2.44. The van der Waals surface area contributed by atoms with Crippen LogP contribution in [0.4, 0.5) is 5.69 Å². The standard InChI is InChI=1S/C14H15NO2S/c1-16-11-4-6-12(7-5-11)18-14-8-3-10(15)9-13(14)17-2/h3-9H,15H2,1-2H3. The Morgan fingerprint density at radius 3 is 2.28 bits per heavy atom. The molecule has 0 aliphatic heterocycles. The number of anilines is 1. The smallest absolute Gasteiger partial charge is 0.134 e. The Hall–Kier alpha value is -1.81. The first kappa shape index (κ1) is 12.6. The zero-order valence-electron chi connectivity index (χ0n) is 10.3. The van der Waals surface area contributed by atoms with E-state index in [1.54, 1.807) is 26.0 Å². The highest BCUT2D eigenvalue weighted by Gasteiger charge is 2.05. The number of hydrogen-bond donors (Lipinski definition) is 1. The summed E-state index contributed by atoms with van der Waals surface area (Å²) in [4.78, 5) is 2.16. The molecule has 3 nitrogen and oxygen atoms in total. The predicted octanol–water partition coefficient (Wildman–Crippen LogP) is 3.44. The van der Waals surface area contributed by atoms with E-state index < -0.39 is 0 Å². The van der Waals surface area contributed by atoms with Crippen LogP contribution in [-0.4, -0.2) is 14.2 Å². The lowest BCUT2D eigenvalue weighted by Gasteiger charge is -2.09. The van der Waals surface area contributed by atoms with E-state index >= 15 is 0 Å². The largest absolute Gasteiger partial charge is 0.497 e. The second-order valence-corrected chi connectivity index (χ2v) is 4.80. The van der Waals surface area contributed by atoms with Crippen molar-refractivity contribution in [1.82, 2.24) is 0 Å². The molecule has 2 N–H and O–H groups in total. The summed E-state index contributed by atoms with van der Waals surface area (Å²) in [5, 5.41) is 0. The van der Waals surface area contributed by atoms with Crippen LogP contribution >= 0.6 is 11.8 Å². The molecule has 0 aliphatic carbocycles. The fourth-order valence-electron chi connectivity index (χ4n) is 1.54. The number of nitrogens with two attached hydrogens (primary N) is 1. The van der Waals surface area contributed by atoms with Gasteiger partial charge in [-0.3, -0.25) is 0 Å². The molecule has 4 heteroatoms. The van der Waals surface area contributed by atoms with Crippen LogP contribution in [0.5, 0.6) is 11.5 Å². The Morgan fingerprint density at radius 2 is 1.67 bits per heavy atom. The molecular weight excluding hydrogens is 246 g/mol. The highest BCUT2D eigenvalue weighted by Crippen LogP contribution is 2.36. The first-order valence-corrected chi connectivity index (χ1v) is 6.30. The van der Waals surface area contributed by atoms with Crippen molar-refractivity contribution >= 4 is 17.4 Å². The molecule has 2 rings (SSSR count). The van der Waals surface area contributed by atoms with E-state index in [9.17, 15) is 0 Å². The summed E-state index contributed by atoms with van der Waals surface area (Å²) in [7, 11) is 3.30. The Bertz CT molecular complexity index is 526. The van der Waals surface area contributed by atoms with Gasteiger partial charge < -0.3 is 15.2 Å². The minimum absolute atomic E-state index is 0.700. The monoisotopic (exact) mass is 261 g/mol. The third kappa shape index (κ3) is 2.90. The molecule has 2 aromatic carbocycles. The highest BCUT2D eigenvalue weighted by molar-refractivity contribution is 7.99. The molecule has 0 bridgehead atoms. The number of ether oxygens (including phenoxy) is 2. The molecule has 0 atom stereocenters. The van der Waals surface area contributed by atoms with Crippen molar-refractivity contribution in [2.75, 3.05) is 20.0 Å². The van der Waals surface area contributed by atoms with Crippen LogP contribution in [0.25, 0.3) is 0 Å². The van der Waals surface area contributed by atoms with Gasteiger partial charge in [-0.2, -0.15) is 0 Å². The van der Waals surface area contributed by atoms with Crippen molar-refractivity contribution in [2.24, 2.45) is 0 Å². The number of methoxy groups -OCH3 is 2. The van der Waals surface area contributed by atoms with Crippen molar-refractivity contribution in [1.29, 1.82) is 0 Å². The maximum atomic E-state index is 5.73. The van der Waals surface area contributed by atoms with Crippen LogP contribution in [0.1, 0.15) is 0 Å². The maximum absolute atomic E-state index is 5.73. The lowest BCUT2D eigenvalue weighted by Crippen LogP contribution is -1.90. The van der Waals surface area contributed by atoms with Gasteiger partial charge in [0.2, 0.25) is 0 Å². The quantitative estimate of drug-likeness (QED) is 0.856. The van der Waals surface area contributed by atoms with Crippen LogP contribution in [0.3, 0.4) is 0 Å². The molecule has 0 fully saturated rings. The van der Waals surface area contributed by atoms with Gasteiger partial charge in [-0.25, -0.2) is 0 Å². The molecule has 2 aromatic rings. The van der Waals surface area contributed by atoms with E-state index in [1.807, 2.05) is 42.5 Å². The van der Waals surface area contributed by atoms with Crippen molar-refractivity contribution in [3.05, 3.63) is 42.5 Å². The Kier molecular flexibility index (Phi) is 3.99. The molecule has 0 unspecified atom stereocenters. The molecule has 0 aromatic heterocycles. The van der Waals surface area contributed by atoms with Crippen molar-refractivity contribution in [3.8, 4) is 11.5 Å². The van der Waals surface area contributed by atoms with Gasteiger partial charge in [0.05, 0.1) is 19.1 Å². The van der Waals surface area contributed by atoms with E-state index in [0.717, 1.165) is 21.3 Å². The van der Waals surface area contributed by atoms with Crippen LogP contribution in [0, 0.1) is 0 Å². The van der Waals surface area contributed by atoms with Gasteiger partial charge in [-0.1, -0.05) is 11.8 Å². The lowest BCUT2D eigenvalue weighted by molar-refractivity contribution is 0.405. The van der Waals surface area contributed by atoms with Gasteiger partial charge in [0.25, 0.3) is 0 Å². The molecule has 0 heterocycles. The fraction of sp³-hybridized carbons (Fsp3) is 0.143. The summed E-state index contributed by atoms with van der Waals surface area (Å²) in [6.07, 6.45) is 0. The average molecular weight is 261 g/mol. The van der Waals surface area contributed by atoms with E-state index in [-0.39, 0.29) is 0 Å². The summed E-state index contributed by atoms with van der Waals surface area (Å²) >= 11 is 1.63. The van der Waals surface area contributed by atoms with Crippen molar-refractivity contribution in [2.45, 2.75) is 9.79 Å². The topological polar surface area (TPSA) is 44.5 Å². The summed E-state index contributed by atoms with van der Waals surface area (Å²) in [6.45, 7) is 0. The molecular formula is C14H15NO2S. The van der Waals surface area contributed by atoms with E-state index in [2.05, 4.69) is 0 Å². The molecule has 94 valence electrons. The van der Waals surface area contributed by atoms with Gasteiger partial charge in [-0.15, -0.1) is 0 Å². The molecule has 0 radical (unpaired) electrons. The highest BCUT2D eigenvalue weighted by atomic mass is 32.2. The Balaban J connectivity index is 2.22. The second-order valence-electron chi connectivity index (χ2n) is 3.69. The SMILES string of the molecule is COc1ccc(Sc2ccc(N)cc2OC)cc1. The zero-order chi connectivity index (χ0) is 13.0. The molecule has 0 aliphatic rings. The summed E-state index contributed by atoms with van der Waals surface area (Å²) in [6, 6.07) is 13.6. The first-order chi connectivity index (χ1) is 8.72. The molecule has 0 amide bonds. The Morgan fingerprint density at radius 1 is 0.944 bits per heavy atom. The number of benzene rings is 2. The number of nitrogen functional groups attached to an aromatic ring is 1. The van der Waals surface area contributed by atoms with Crippen LogP contribution < -0.4 is 15.2 Å². The van der Waals surface area contributed by atoms with Crippen LogP contribution in [0.2, 0.25) is 0 Å². The van der Waals surface area contributed by atoms with Crippen LogP contribution in [0.15, 0.2) is 52.3 Å². The van der Waals surface area contributed by atoms with Gasteiger partial charge in [0, 0.05) is 16.6 Å². The second kappa shape index (κ2) is 5.69. The maximum Gasteiger partial charge on any atom is 0.134 e. The van der Waals surface area contributed by atoms with E-state index in [4.69, 9.17) is 15.2 Å². The minimum Gasteiger partial charge on any atom is -0.497 e. The third-order valence-corrected chi connectivity index (χ3v) is 3.54. The first-order valence-electron chi connectivity index (χ1n) is 5.48. The van der Waals surface area contributed by atoms with Gasteiger partial charge in [0.1, 0.15) is 11.5 Å². The Labute approximate surface area is 111 Å². The zero-order valence-corrected chi connectivity index (χ0v) is 11.2. The van der Waals surface area contributed by atoms with Gasteiger partial charge in [-0.05, 0) is 36.4 Å². The lowest BCUT2D eigenvalue weighted by atomic mass is 10.3. The number of hydrogen-bond acceptors (Lipinski definition) is 4. The van der Waals surface area contributed by atoms with Gasteiger partial charge >= 0.3 is 0 Å². The predicted molar refractivity (Wildman–Crippen MR) is 74.5 cm³/mol. The summed E-state index contributed by atoms with van der Waals surface area (Å²) in [5.41, 5.74) is 6.43. The minimum atomic E-state index is 0.700.